The zero-order valence-corrected chi connectivity index (χ0v) is 8.97. The maximum atomic E-state index is 11.6. The van der Waals surface area contributed by atoms with E-state index >= 15 is 0 Å². The van der Waals surface area contributed by atoms with Crippen molar-refractivity contribution in [2.75, 3.05) is 26.9 Å². The Hall–Kier alpha value is -0.610. The lowest BCUT2D eigenvalue weighted by Crippen LogP contribution is -2.58. The molecule has 0 aromatic carbocycles. The van der Waals surface area contributed by atoms with Crippen LogP contribution in [0.4, 0.5) is 0 Å². The summed E-state index contributed by atoms with van der Waals surface area (Å²) in [5.74, 6) is -0.203. The average Bonchev–Trinajstić information content (AvgIpc) is 2.26. The molecule has 0 saturated carbocycles. The van der Waals surface area contributed by atoms with Gasteiger partial charge in [0.15, 0.2) is 0 Å². The van der Waals surface area contributed by atoms with E-state index < -0.39 is 5.54 Å². The molecular weight excluding hydrogens is 182 g/mol. The van der Waals surface area contributed by atoms with Crippen LogP contribution < -0.4 is 5.32 Å². The Labute approximate surface area is 85.0 Å². The molecule has 0 aliphatic carbocycles. The molecule has 14 heavy (non-hydrogen) atoms. The summed E-state index contributed by atoms with van der Waals surface area (Å²) in [4.78, 5) is 11.6. The normalized spacial score (nSPS) is 27.3. The van der Waals surface area contributed by atoms with Crippen LogP contribution in [-0.2, 0) is 14.3 Å². The number of rotatable bonds is 4. The molecule has 0 aromatic heterocycles. The third-order valence-corrected chi connectivity index (χ3v) is 2.53. The summed E-state index contributed by atoms with van der Waals surface area (Å²) in [6.07, 6.45) is 2.71. The van der Waals surface area contributed by atoms with E-state index in [-0.39, 0.29) is 5.97 Å². The van der Waals surface area contributed by atoms with Crippen LogP contribution in [0.15, 0.2) is 0 Å². The number of nitrogens with one attached hydrogen (secondary N) is 1. The largest absolute Gasteiger partial charge is 0.468 e. The van der Waals surface area contributed by atoms with Gasteiger partial charge in [0.05, 0.1) is 13.7 Å². The predicted octanol–water partition coefficient (Wildman–Crippen LogP) is 0.708. The Kier molecular flexibility index (Phi) is 4.35. The van der Waals surface area contributed by atoms with Gasteiger partial charge in [-0.05, 0) is 25.8 Å². The molecule has 1 N–H and O–H groups in total. The number of hydrogen-bond donors (Lipinski definition) is 1. The van der Waals surface area contributed by atoms with Crippen LogP contribution in [0.25, 0.3) is 0 Å². The predicted molar refractivity (Wildman–Crippen MR) is 53.1 cm³/mol. The van der Waals surface area contributed by atoms with Gasteiger partial charge in [0.25, 0.3) is 0 Å². The number of ether oxygens (including phenoxy) is 2. The van der Waals surface area contributed by atoms with Gasteiger partial charge in [-0.2, -0.15) is 0 Å². The first-order valence-electron chi connectivity index (χ1n) is 5.16. The summed E-state index contributed by atoms with van der Waals surface area (Å²) in [7, 11) is 1.42. The Morgan fingerprint density at radius 2 is 2.43 bits per heavy atom. The lowest BCUT2D eigenvalue weighted by atomic mass is 9.92. The van der Waals surface area contributed by atoms with Gasteiger partial charge in [0.1, 0.15) is 5.54 Å². The van der Waals surface area contributed by atoms with Crippen LogP contribution in [-0.4, -0.2) is 38.4 Å². The second-order valence-electron chi connectivity index (χ2n) is 3.66. The van der Waals surface area contributed by atoms with E-state index in [2.05, 4.69) is 12.2 Å². The molecule has 82 valence electrons. The van der Waals surface area contributed by atoms with Gasteiger partial charge < -0.3 is 9.47 Å². The van der Waals surface area contributed by atoms with Gasteiger partial charge in [-0.3, -0.25) is 5.32 Å². The Morgan fingerprint density at radius 3 is 2.93 bits per heavy atom. The molecule has 1 aliphatic heterocycles. The maximum Gasteiger partial charge on any atom is 0.328 e. The first kappa shape index (κ1) is 11.5. The monoisotopic (exact) mass is 201 g/mol. The molecule has 0 aromatic rings. The zero-order chi connectivity index (χ0) is 10.4. The van der Waals surface area contributed by atoms with Crippen LogP contribution >= 0.6 is 0 Å². The van der Waals surface area contributed by atoms with Crippen LogP contribution in [0, 0.1) is 0 Å². The molecule has 0 bridgehead atoms. The van der Waals surface area contributed by atoms with E-state index in [9.17, 15) is 4.79 Å². The molecule has 1 atom stereocenters. The average molecular weight is 201 g/mol. The standard InChI is InChI=1S/C10H19NO3/c1-3-6-11-10(9(12)13-2)5-4-7-14-8-10/h11H,3-8H2,1-2H3. The maximum absolute atomic E-state index is 11.6. The minimum Gasteiger partial charge on any atom is -0.468 e. The quantitative estimate of drug-likeness (QED) is 0.680. The van der Waals surface area contributed by atoms with Crippen molar-refractivity contribution < 1.29 is 14.3 Å². The molecular formula is C10H19NO3. The highest BCUT2D eigenvalue weighted by Crippen LogP contribution is 2.20. The number of esters is 1. The lowest BCUT2D eigenvalue weighted by molar-refractivity contribution is -0.154. The van der Waals surface area contributed by atoms with Crippen molar-refractivity contribution in [1.82, 2.24) is 5.32 Å². The molecule has 0 amide bonds. The van der Waals surface area contributed by atoms with Gasteiger partial charge in [-0.15, -0.1) is 0 Å². The van der Waals surface area contributed by atoms with E-state index in [1.54, 1.807) is 0 Å². The highest BCUT2D eigenvalue weighted by atomic mass is 16.5. The molecule has 0 radical (unpaired) electrons. The van der Waals surface area contributed by atoms with E-state index in [4.69, 9.17) is 9.47 Å². The van der Waals surface area contributed by atoms with Gasteiger partial charge in [-0.25, -0.2) is 4.79 Å². The minimum atomic E-state index is -0.594. The van der Waals surface area contributed by atoms with Gasteiger partial charge in [-0.1, -0.05) is 6.92 Å². The number of carbonyl (C=O) groups is 1. The van der Waals surface area contributed by atoms with Crippen molar-refractivity contribution >= 4 is 5.97 Å². The van der Waals surface area contributed by atoms with Crippen LogP contribution in [0.5, 0.6) is 0 Å². The number of hydrogen-bond acceptors (Lipinski definition) is 4. The van der Waals surface area contributed by atoms with Crippen molar-refractivity contribution in [2.24, 2.45) is 0 Å². The summed E-state index contributed by atoms with van der Waals surface area (Å²) in [5, 5.41) is 3.24. The number of carbonyl (C=O) groups excluding carboxylic acids is 1. The molecule has 1 aliphatic rings. The second kappa shape index (κ2) is 5.32. The topological polar surface area (TPSA) is 47.6 Å². The molecule has 1 unspecified atom stereocenters. The van der Waals surface area contributed by atoms with E-state index in [1.165, 1.54) is 7.11 Å². The molecule has 4 heteroatoms. The second-order valence-corrected chi connectivity index (χ2v) is 3.66. The summed E-state index contributed by atoms with van der Waals surface area (Å²) < 4.78 is 10.2. The van der Waals surface area contributed by atoms with Crippen LogP contribution in [0.3, 0.4) is 0 Å². The fourth-order valence-electron chi connectivity index (χ4n) is 1.73. The Balaban J connectivity index is 2.61. The smallest absolute Gasteiger partial charge is 0.328 e. The van der Waals surface area contributed by atoms with Crippen molar-refractivity contribution in [3.05, 3.63) is 0 Å². The summed E-state index contributed by atoms with van der Waals surface area (Å²) >= 11 is 0. The molecule has 1 fully saturated rings. The van der Waals surface area contributed by atoms with Crippen molar-refractivity contribution in [3.63, 3.8) is 0 Å². The SMILES string of the molecule is CCCNC1(C(=O)OC)CCCOC1. The summed E-state index contributed by atoms with van der Waals surface area (Å²) in [5.41, 5.74) is -0.594. The third kappa shape index (κ3) is 2.45. The van der Waals surface area contributed by atoms with Crippen LogP contribution in [0.2, 0.25) is 0 Å². The molecule has 1 rings (SSSR count). The van der Waals surface area contributed by atoms with Crippen molar-refractivity contribution in [2.45, 2.75) is 31.7 Å². The first-order chi connectivity index (χ1) is 6.75. The van der Waals surface area contributed by atoms with E-state index in [0.717, 1.165) is 32.4 Å². The van der Waals surface area contributed by atoms with Gasteiger partial charge >= 0.3 is 5.97 Å². The number of methoxy groups -OCH3 is 1. The fourth-order valence-corrected chi connectivity index (χ4v) is 1.73. The fraction of sp³-hybridized carbons (Fsp3) is 0.900. The molecule has 1 heterocycles. The lowest BCUT2D eigenvalue weighted by Gasteiger charge is -2.35. The summed E-state index contributed by atoms with van der Waals surface area (Å²) in [6.45, 7) is 4.06. The Morgan fingerprint density at radius 1 is 1.64 bits per heavy atom. The zero-order valence-electron chi connectivity index (χ0n) is 8.97. The Bertz CT molecular complexity index is 188. The van der Waals surface area contributed by atoms with E-state index in [0.29, 0.717) is 6.61 Å². The first-order valence-corrected chi connectivity index (χ1v) is 5.16. The van der Waals surface area contributed by atoms with Crippen molar-refractivity contribution in [3.8, 4) is 0 Å². The van der Waals surface area contributed by atoms with Gasteiger partial charge in [0.2, 0.25) is 0 Å². The highest BCUT2D eigenvalue weighted by molar-refractivity contribution is 5.81. The third-order valence-electron chi connectivity index (χ3n) is 2.53. The summed E-state index contributed by atoms with van der Waals surface area (Å²) in [6, 6.07) is 0. The van der Waals surface area contributed by atoms with E-state index in [1.807, 2.05) is 0 Å². The molecule has 4 nitrogen and oxygen atoms in total. The molecule has 0 spiro atoms. The van der Waals surface area contributed by atoms with Crippen molar-refractivity contribution in [1.29, 1.82) is 0 Å². The minimum absolute atomic E-state index is 0.203. The molecule has 1 saturated heterocycles. The van der Waals surface area contributed by atoms with Gasteiger partial charge in [0, 0.05) is 6.61 Å². The highest BCUT2D eigenvalue weighted by Gasteiger charge is 2.40. The van der Waals surface area contributed by atoms with Crippen LogP contribution in [0.1, 0.15) is 26.2 Å².